The lowest BCUT2D eigenvalue weighted by molar-refractivity contribution is 0.0589. The lowest BCUT2D eigenvalue weighted by atomic mass is 9.80. The number of amides is 1. The van der Waals surface area contributed by atoms with Gasteiger partial charge in [0.05, 0.1) is 13.3 Å². The van der Waals surface area contributed by atoms with Gasteiger partial charge in [-0.25, -0.2) is 4.98 Å². The molecule has 1 fully saturated rings. The number of aromatic nitrogens is 3. The van der Waals surface area contributed by atoms with Crippen LogP contribution in [0.1, 0.15) is 28.5 Å². The maximum Gasteiger partial charge on any atom is 0.274 e. The van der Waals surface area contributed by atoms with Crippen LogP contribution in [0.5, 0.6) is 5.75 Å². The van der Waals surface area contributed by atoms with Crippen LogP contribution in [0.4, 0.5) is 0 Å². The summed E-state index contributed by atoms with van der Waals surface area (Å²) >= 11 is 0. The van der Waals surface area contributed by atoms with Crippen LogP contribution in [-0.2, 0) is 6.54 Å². The standard InChI is InChI=1S/C23H22N4O3/c1-30-18-4-2-16(3-5-18)19-6-7-21(28)27-13-15-10-17(22(19)27)14-26(12-15)23(29)20-11-24-8-9-25-20/h2-9,11,15,17H,10,12-14H2,1H3/t15-,17+/m0/s1. The Balaban J connectivity index is 1.53. The highest BCUT2D eigenvalue weighted by molar-refractivity contribution is 5.92. The van der Waals surface area contributed by atoms with Gasteiger partial charge in [0.2, 0.25) is 0 Å². The van der Waals surface area contributed by atoms with Gasteiger partial charge in [-0.15, -0.1) is 0 Å². The molecule has 3 aromatic rings. The Bertz CT molecular complexity index is 1140. The van der Waals surface area contributed by atoms with Crippen LogP contribution < -0.4 is 10.3 Å². The zero-order chi connectivity index (χ0) is 20.7. The number of methoxy groups -OCH3 is 1. The van der Waals surface area contributed by atoms with E-state index in [9.17, 15) is 9.59 Å². The summed E-state index contributed by atoms with van der Waals surface area (Å²) in [5.41, 5.74) is 3.47. The maximum absolute atomic E-state index is 13.0. The normalized spacial score (nSPS) is 19.8. The first-order chi connectivity index (χ1) is 14.6. The summed E-state index contributed by atoms with van der Waals surface area (Å²) in [5.74, 6) is 1.04. The van der Waals surface area contributed by atoms with E-state index in [1.807, 2.05) is 39.8 Å². The van der Waals surface area contributed by atoms with Gasteiger partial charge in [-0.05, 0) is 36.1 Å². The lowest BCUT2D eigenvalue weighted by Crippen LogP contribution is -2.49. The molecule has 0 radical (unpaired) electrons. The molecule has 0 unspecified atom stereocenters. The second kappa shape index (κ2) is 7.40. The molecule has 4 heterocycles. The molecule has 5 rings (SSSR count). The fourth-order valence-corrected chi connectivity index (χ4v) is 4.77. The van der Waals surface area contributed by atoms with Crippen molar-refractivity contribution >= 4 is 5.91 Å². The summed E-state index contributed by atoms with van der Waals surface area (Å²) in [7, 11) is 1.64. The van der Waals surface area contributed by atoms with Gasteiger partial charge in [0.1, 0.15) is 11.4 Å². The fourth-order valence-electron chi connectivity index (χ4n) is 4.77. The average Bonchev–Trinajstić information content (AvgIpc) is 2.80. The zero-order valence-corrected chi connectivity index (χ0v) is 16.7. The number of pyridine rings is 1. The number of nitrogens with zero attached hydrogens (tertiary/aromatic N) is 4. The Morgan fingerprint density at radius 3 is 2.63 bits per heavy atom. The quantitative estimate of drug-likeness (QED) is 0.673. The summed E-state index contributed by atoms with van der Waals surface area (Å²) in [6.45, 7) is 1.82. The van der Waals surface area contributed by atoms with E-state index in [2.05, 4.69) is 9.97 Å². The molecule has 30 heavy (non-hydrogen) atoms. The number of piperidine rings is 1. The Hall–Kier alpha value is -3.48. The van der Waals surface area contributed by atoms with E-state index in [-0.39, 0.29) is 23.3 Å². The molecule has 0 saturated carbocycles. The number of carbonyl (C=O) groups excluding carboxylic acids is 1. The fraction of sp³-hybridized carbons (Fsp3) is 0.304. The first-order valence-electron chi connectivity index (χ1n) is 10.1. The highest BCUT2D eigenvalue weighted by atomic mass is 16.5. The van der Waals surface area contributed by atoms with Crippen molar-refractivity contribution in [3.63, 3.8) is 0 Å². The van der Waals surface area contributed by atoms with Crippen LogP contribution in [0.15, 0.2) is 59.8 Å². The summed E-state index contributed by atoms with van der Waals surface area (Å²) in [6, 6.07) is 11.4. The van der Waals surface area contributed by atoms with Gasteiger partial charge in [0.15, 0.2) is 0 Å². The topological polar surface area (TPSA) is 77.3 Å². The number of benzene rings is 1. The van der Waals surface area contributed by atoms with Crippen molar-refractivity contribution in [2.24, 2.45) is 5.92 Å². The Labute approximate surface area is 174 Å². The van der Waals surface area contributed by atoms with E-state index in [1.54, 1.807) is 19.4 Å². The molecule has 2 aliphatic heterocycles. The van der Waals surface area contributed by atoms with Gasteiger partial charge in [-0.3, -0.25) is 14.6 Å². The van der Waals surface area contributed by atoms with Gasteiger partial charge in [-0.1, -0.05) is 12.1 Å². The largest absolute Gasteiger partial charge is 0.497 e. The van der Waals surface area contributed by atoms with Gasteiger partial charge in [0, 0.05) is 55.3 Å². The van der Waals surface area contributed by atoms with Gasteiger partial charge >= 0.3 is 0 Å². The molecular weight excluding hydrogens is 380 g/mol. The van der Waals surface area contributed by atoms with E-state index < -0.39 is 0 Å². The van der Waals surface area contributed by atoms with E-state index in [4.69, 9.17) is 4.74 Å². The second-order valence-corrected chi connectivity index (χ2v) is 7.91. The van der Waals surface area contributed by atoms with Crippen LogP contribution in [-0.4, -0.2) is 45.5 Å². The smallest absolute Gasteiger partial charge is 0.274 e. The van der Waals surface area contributed by atoms with Crippen LogP contribution in [0.3, 0.4) is 0 Å². The Morgan fingerprint density at radius 1 is 1.07 bits per heavy atom. The molecule has 1 amide bonds. The molecule has 0 aliphatic carbocycles. The number of hydrogen-bond acceptors (Lipinski definition) is 5. The van der Waals surface area contributed by atoms with Crippen LogP contribution in [0.2, 0.25) is 0 Å². The molecule has 7 nitrogen and oxygen atoms in total. The minimum atomic E-state index is -0.101. The molecular formula is C23H22N4O3. The molecule has 0 spiro atoms. The van der Waals surface area contributed by atoms with Crippen molar-refractivity contribution in [1.29, 1.82) is 0 Å². The lowest BCUT2D eigenvalue weighted by Gasteiger charge is -2.43. The second-order valence-electron chi connectivity index (χ2n) is 7.91. The molecule has 2 aromatic heterocycles. The number of carbonyl (C=O) groups is 1. The van der Waals surface area contributed by atoms with Crippen molar-refractivity contribution < 1.29 is 9.53 Å². The number of rotatable bonds is 3. The molecule has 152 valence electrons. The molecule has 7 heteroatoms. The first-order valence-corrected chi connectivity index (χ1v) is 10.1. The van der Waals surface area contributed by atoms with Gasteiger partial charge < -0.3 is 14.2 Å². The summed E-state index contributed by atoms with van der Waals surface area (Å²) in [5, 5.41) is 0. The average molecular weight is 402 g/mol. The van der Waals surface area contributed by atoms with Crippen molar-refractivity contribution in [3.05, 3.63) is 76.7 Å². The minimum Gasteiger partial charge on any atom is -0.497 e. The molecule has 1 aromatic carbocycles. The third-order valence-electron chi connectivity index (χ3n) is 6.06. The molecule has 1 saturated heterocycles. The predicted molar refractivity (Wildman–Crippen MR) is 111 cm³/mol. The first kappa shape index (κ1) is 18.5. The van der Waals surface area contributed by atoms with Crippen LogP contribution in [0.25, 0.3) is 11.1 Å². The van der Waals surface area contributed by atoms with Crippen molar-refractivity contribution in [2.45, 2.75) is 18.9 Å². The van der Waals surface area contributed by atoms with Crippen molar-refractivity contribution in [3.8, 4) is 16.9 Å². The highest BCUT2D eigenvalue weighted by Crippen LogP contribution is 2.40. The Morgan fingerprint density at radius 2 is 1.90 bits per heavy atom. The minimum absolute atomic E-state index is 0.0191. The highest BCUT2D eigenvalue weighted by Gasteiger charge is 2.38. The SMILES string of the molecule is COc1ccc(-c2ccc(=O)n3c2[C@@H]2C[C@@H](CN(C(=O)c4cnccn4)C2)C3)cc1. The van der Waals surface area contributed by atoms with Crippen molar-refractivity contribution in [1.82, 2.24) is 19.4 Å². The van der Waals surface area contributed by atoms with Crippen molar-refractivity contribution in [2.75, 3.05) is 20.2 Å². The number of hydrogen-bond donors (Lipinski definition) is 0. The summed E-state index contributed by atoms with van der Waals surface area (Å²) in [4.78, 5) is 35.7. The van der Waals surface area contributed by atoms with Crippen LogP contribution >= 0.6 is 0 Å². The number of likely N-dealkylation sites (tertiary alicyclic amines) is 1. The Kier molecular flexibility index (Phi) is 4.58. The summed E-state index contributed by atoms with van der Waals surface area (Å²) < 4.78 is 7.18. The van der Waals surface area contributed by atoms with E-state index in [0.717, 1.165) is 29.0 Å². The molecule has 0 N–H and O–H groups in total. The van der Waals surface area contributed by atoms with E-state index in [0.29, 0.717) is 25.3 Å². The third-order valence-corrected chi connectivity index (χ3v) is 6.06. The maximum atomic E-state index is 13.0. The number of ether oxygens (including phenoxy) is 1. The van der Waals surface area contributed by atoms with E-state index >= 15 is 0 Å². The van der Waals surface area contributed by atoms with Gasteiger partial charge in [-0.2, -0.15) is 0 Å². The third kappa shape index (κ3) is 3.16. The number of fused-ring (bicyclic) bond motifs is 4. The summed E-state index contributed by atoms with van der Waals surface area (Å²) in [6.07, 6.45) is 5.57. The predicted octanol–water partition coefficient (Wildman–Crippen LogP) is 2.57. The molecule has 2 atom stereocenters. The van der Waals surface area contributed by atoms with Gasteiger partial charge in [0.25, 0.3) is 11.5 Å². The monoisotopic (exact) mass is 402 g/mol. The van der Waals surface area contributed by atoms with Crippen LogP contribution in [0, 0.1) is 5.92 Å². The molecule has 2 bridgehead atoms. The van der Waals surface area contributed by atoms with E-state index in [1.165, 1.54) is 12.4 Å². The molecule has 2 aliphatic rings. The zero-order valence-electron chi connectivity index (χ0n) is 16.7.